The number of carbonyl (C=O) groups excluding carboxylic acids is 1. The third-order valence-corrected chi connectivity index (χ3v) is 2.40. The molecule has 72 valence electrons. The molecule has 0 fully saturated rings. The second kappa shape index (κ2) is 3.39. The number of benzene rings is 1. The summed E-state index contributed by atoms with van der Waals surface area (Å²) in [5.41, 5.74) is 0.0244. The topological polar surface area (TPSA) is 26.3 Å². The second-order valence-corrected chi connectivity index (χ2v) is 3.46. The Labute approximate surface area is 83.2 Å². The number of carbonyl (C=O) groups is 1. The lowest BCUT2D eigenvalue weighted by molar-refractivity contribution is -0.126. The molecule has 0 radical (unpaired) electrons. The summed E-state index contributed by atoms with van der Waals surface area (Å²) in [6.45, 7) is 1.92. The van der Waals surface area contributed by atoms with Crippen LogP contribution >= 0.6 is 0 Å². The number of ether oxygens (including phenoxy) is 1. The van der Waals surface area contributed by atoms with Crippen molar-refractivity contribution in [1.82, 2.24) is 0 Å². The van der Waals surface area contributed by atoms with E-state index >= 15 is 0 Å². The normalized spacial score (nSPS) is 30.5. The van der Waals surface area contributed by atoms with Crippen molar-refractivity contribution in [3.63, 3.8) is 0 Å². The van der Waals surface area contributed by atoms with Crippen LogP contribution in [0.15, 0.2) is 42.5 Å². The van der Waals surface area contributed by atoms with E-state index in [1.807, 2.05) is 49.4 Å². The van der Waals surface area contributed by atoms with Crippen molar-refractivity contribution in [2.45, 2.75) is 18.6 Å². The first-order valence-electron chi connectivity index (χ1n) is 4.66. The van der Waals surface area contributed by atoms with Gasteiger partial charge in [0.15, 0.2) is 11.9 Å². The molecule has 0 N–H and O–H groups in total. The quantitative estimate of drug-likeness (QED) is 0.524. The van der Waals surface area contributed by atoms with Crippen LogP contribution in [0.3, 0.4) is 0 Å². The van der Waals surface area contributed by atoms with Crippen molar-refractivity contribution in [1.29, 1.82) is 0 Å². The molecule has 1 aromatic carbocycles. The fourth-order valence-corrected chi connectivity index (χ4v) is 1.66. The number of aldehydes is 1. The van der Waals surface area contributed by atoms with Crippen molar-refractivity contribution in [3.8, 4) is 0 Å². The highest BCUT2D eigenvalue weighted by Gasteiger charge is 2.35. The van der Waals surface area contributed by atoms with Gasteiger partial charge in [-0.15, -0.1) is 0 Å². The third kappa shape index (κ3) is 1.38. The third-order valence-electron chi connectivity index (χ3n) is 2.40. The van der Waals surface area contributed by atoms with Crippen LogP contribution < -0.4 is 0 Å². The number of hydrogen-bond acceptors (Lipinski definition) is 2. The van der Waals surface area contributed by atoms with Crippen LogP contribution in [0.4, 0.5) is 0 Å². The van der Waals surface area contributed by atoms with Crippen LogP contribution in [0, 0.1) is 0 Å². The largest absolute Gasteiger partial charge is 0.352 e. The Kier molecular flexibility index (Phi) is 2.22. The Hall–Kier alpha value is -1.41. The molecule has 14 heavy (non-hydrogen) atoms. The SMILES string of the molecule is CC1C=CC(C=O)(c2ccccc2)O1. The van der Waals surface area contributed by atoms with Gasteiger partial charge in [0.1, 0.15) is 0 Å². The summed E-state index contributed by atoms with van der Waals surface area (Å²) in [4.78, 5) is 11.1. The highest BCUT2D eigenvalue weighted by molar-refractivity contribution is 5.70. The standard InChI is InChI=1S/C12H12O2/c1-10-7-8-12(9-13,14-10)11-5-3-2-4-6-11/h2-10H,1H3. The molecule has 1 aromatic rings. The van der Waals surface area contributed by atoms with Crippen molar-refractivity contribution in [2.24, 2.45) is 0 Å². The van der Waals surface area contributed by atoms with Crippen LogP contribution in [0.5, 0.6) is 0 Å². The van der Waals surface area contributed by atoms with Crippen molar-refractivity contribution in [2.75, 3.05) is 0 Å². The Morgan fingerprint density at radius 1 is 1.36 bits per heavy atom. The van der Waals surface area contributed by atoms with Crippen LogP contribution in [0.1, 0.15) is 12.5 Å². The molecule has 0 aliphatic carbocycles. The molecule has 2 nitrogen and oxygen atoms in total. The van der Waals surface area contributed by atoms with E-state index in [1.54, 1.807) is 0 Å². The molecule has 0 spiro atoms. The minimum atomic E-state index is -0.860. The van der Waals surface area contributed by atoms with E-state index in [2.05, 4.69) is 0 Å². The fourth-order valence-electron chi connectivity index (χ4n) is 1.66. The van der Waals surface area contributed by atoms with Gasteiger partial charge in [-0.3, -0.25) is 4.79 Å². The van der Waals surface area contributed by atoms with E-state index in [0.717, 1.165) is 11.8 Å². The molecule has 0 saturated heterocycles. The lowest BCUT2D eigenvalue weighted by atomic mass is 9.96. The van der Waals surface area contributed by atoms with E-state index < -0.39 is 5.60 Å². The summed E-state index contributed by atoms with van der Waals surface area (Å²) in [6, 6.07) is 9.53. The van der Waals surface area contributed by atoms with E-state index in [9.17, 15) is 4.79 Å². The first kappa shape index (κ1) is 9.16. The maximum atomic E-state index is 11.1. The highest BCUT2D eigenvalue weighted by Crippen LogP contribution is 2.31. The zero-order valence-corrected chi connectivity index (χ0v) is 8.01. The van der Waals surface area contributed by atoms with Gasteiger partial charge >= 0.3 is 0 Å². The van der Waals surface area contributed by atoms with Gasteiger partial charge in [0.25, 0.3) is 0 Å². The van der Waals surface area contributed by atoms with E-state index in [-0.39, 0.29) is 6.10 Å². The van der Waals surface area contributed by atoms with Gasteiger partial charge in [-0.1, -0.05) is 36.4 Å². The second-order valence-electron chi connectivity index (χ2n) is 3.46. The van der Waals surface area contributed by atoms with Gasteiger partial charge in [0.05, 0.1) is 6.10 Å². The van der Waals surface area contributed by atoms with E-state index in [0.29, 0.717) is 0 Å². The van der Waals surface area contributed by atoms with Gasteiger partial charge in [-0.25, -0.2) is 0 Å². The Morgan fingerprint density at radius 3 is 2.57 bits per heavy atom. The molecule has 2 atom stereocenters. The minimum absolute atomic E-state index is 0.000376. The van der Waals surface area contributed by atoms with Gasteiger partial charge in [-0.2, -0.15) is 0 Å². The molecule has 2 rings (SSSR count). The lowest BCUT2D eigenvalue weighted by Gasteiger charge is -2.22. The summed E-state index contributed by atoms with van der Waals surface area (Å²) >= 11 is 0. The molecule has 0 bridgehead atoms. The maximum Gasteiger partial charge on any atom is 0.167 e. The smallest absolute Gasteiger partial charge is 0.167 e. The lowest BCUT2D eigenvalue weighted by Crippen LogP contribution is -2.27. The highest BCUT2D eigenvalue weighted by atomic mass is 16.5. The Balaban J connectivity index is 2.40. The molecular formula is C12H12O2. The fraction of sp³-hybridized carbons (Fsp3) is 0.250. The molecule has 2 unspecified atom stereocenters. The average molecular weight is 188 g/mol. The zero-order valence-electron chi connectivity index (χ0n) is 8.01. The molecule has 0 amide bonds. The molecule has 1 aliphatic heterocycles. The molecular weight excluding hydrogens is 176 g/mol. The van der Waals surface area contributed by atoms with Crippen LogP contribution in [0.25, 0.3) is 0 Å². The Bertz CT molecular complexity index is 356. The summed E-state index contributed by atoms with van der Waals surface area (Å²) in [6.07, 6.45) is 4.57. The summed E-state index contributed by atoms with van der Waals surface area (Å²) in [5, 5.41) is 0. The summed E-state index contributed by atoms with van der Waals surface area (Å²) in [7, 11) is 0. The van der Waals surface area contributed by atoms with Crippen molar-refractivity contribution >= 4 is 6.29 Å². The van der Waals surface area contributed by atoms with Gasteiger partial charge in [0.2, 0.25) is 0 Å². The summed E-state index contributed by atoms with van der Waals surface area (Å²) in [5.74, 6) is 0. The number of rotatable bonds is 2. The molecule has 1 aliphatic rings. The van der Waals surface area contributed by atoms with Crippen molar-refractivity contribution < 1.29 is 9.53 Å². The predicted molar refractivity (Wildman–Crippen MR) is 53.9 cm³/mol. The van der Waals surface area contributed by atoms with E-state index in [4.69, 9.17) is 4.74 Å². The van der Waals surface area contributed by atoms with Crippen LogP contribution in [0.2, 0.25) is 0 Å². The molecule has 1 heterocycles. The first-order valence-corrected chi connectivity index (χ1v) is 4.66. The maximum absolute atomic E-state index is 11.1. The van der Waals surface area contributed by atoms with E-state index in [1.165, 1.54) is 0 Å². The number of hydrogen-bond donors (Lipinski definition) is 0. The Morgan fingerprint density at radius 2 is 2.07 bits per heavy atom. The van der Waals surface area contributed by atoms with Crippen LogP contribution in [-0.4, -0.2) is 12.4 Å². The molecule has 2 heteroatoms. The van der Waals surface area contributed by atoms with Crippen LogP contribution in [-0.2, 0) is 15.1 Å². The zero-order chi connectivity index (χ0) is 10.0. The average Bonchev–Trinajstić information content (AvgIpc) is 2.63. The van der Waals surface area contributed by atoms with Gasteiger partial charge in [0, 0.05) is 0 Å². The monoisotopic (exact) mass is 188 g/mol. The predicted octanol–water partition coefficient (Wildman–Crippen LogP) is 2.06. The molecule has 0 saturated carbocycles. The minimum Gasteiger partial charge on any atom is -0.352 e. The van der Waals surface area contributed by atoms with Gasteiger partial charge < -0.3 is 4.74 Å². The molecule has 0 aromatic heterocycles. The van der Waals surface area contributed by atoms with Crippen molar-refractivity contribution in [3.05, 3.63) is 48.0 Å². The summed E-state index contributed by atoms with van der Waals surface area (Å²) < 4.78 is 5.60. The first-order chi connectivity index (χ1) is 6.77. The van der Waals surface area contributed by atoms with Gasteiger partial charge in [-0.05, 0) is 18.6 Å².